The number of aromatic nitrogens is 3. The van der Waals surface area contributed by atoms with Gasteiger partial charge < -0.3 is 5.32 Å². The summed E-state index contributed by atoms with van der Waals surface area (Å²) < 4.78 is 1.90. The summed E-state index contributed by atoms with van der Waals surface area (Å²) in [5.74, 6) is 1.42. The maximum atomic E-state index is 5.92. The zero-order valence-corrected chi connectivity index (χ0v) is 10.2. The second kappa shape index (κ2) is 4.70. The van der Waals surface area contributed by atoms with E-state index in [4.69, 9.17) is 11.6 Å². The topological polar surface area (TPSA) is 42.2 Å². The van der Waals surface area contributed by atoms with Crippen molar-refractivity contribution in [2.75, 3.05) is 11.9 Å². The number of halogens is 1. The zero-order chi connectivity index (χ0) is 11.5. The molecular formula is C11H15ClN4. The number of rotatable bonds is 4. The van der Waals surface area contributed by atoms with Crippen LogP contribution < -0.4 is 5.32 Å². The monoisotopic (exact) mass is 238 g/mol. The zero-order valence-electron chi connectivity index (χ0n) is 9.44. The van der Waals surface area contributed by atoms with E-state index in [2.05, 4.69) is 29.1 Å². The van der Waals surface area contributed by atoms with E-state index in [9.17, 15) is 0 Å². The van der Waals surface area contributed by atoms with Crippen LogP contribution in [-0.2, 0) is 0 Å². The molecule has 4 nitrogen and oxygen atoms in total. The Morgan fingerprint density at radius 2 is 2.31 bits per heavy atom. The fourth-order valence-electron chi connectivity index (χ4n) is 1.49. The third-order valence-corrected chi connectivity index (χ3v) is 2.56. The Hall–Kier alpha value is -1.29. The summed E-state index contributed by atoms with van der Waals surface area (Å²) >= 11 is 5.92. The van der Waals surface area contributed by atoms with E-state index in [0.717, 1.165) is 24.6 Å². The van der Waals surface area contributed by atoms with Crippen molar-refractivity contribution < 1.29 is 0 Å². The number of nitrogens with zero attached hydrogens (tertiary/aromatic N) is 3. The van der Waals surface area contributed by atoms with Crippen LogP contribution in [0.1, 0.15) is 20.3 Å². The number of anilines is 1. The number of imidazole rings is 1. The Morgan fingerprint density at radius 1 is 1.50 bits per heavy atom. The molecule has 5 heteroatoms. The van der Waals surface area contributed by atoms with E-state index in [1.54, 1.807) is 12.3 Å². The van der Waals surface area contributed by atoms with Crippen LogP contribution in [0.25, 0.3) is 5.65 Å². The summed E-state index contributed by atoms with van der Waals surface area (Å²) in [4.78, 5) is 8.43. The third-order valence-electron chi connectivity index (χ3n) is 2.36. The summed E-state index contributed by atoms with van der Waals surface area (Å²) in [5, 5.41) is 3.74. The van der Waals surface area contributed by atoms with Gasteiger partial charge in [-0.25, -0.2) is 9.97 Å². The maximum Gasteiger partial charge on any atom is 0.210 e. The van der Waals surface area contributed by atoms with Gasteiger partial charge in [0.1, 0.15) is 10.8 Å². The molecule has 1 N–H and O–H groups in total. The molecule has 2 rings (SSSR count). The van der Waals surface area contributed by atoms with Crippen molar-refractivity contribution in [2.45, 2.75) is 20.3 Å². The normalized spacial score (nSPS) is 11.2. The second-order valence-electron chi connectivity index (χ2n) is 4.17. The Balaban J connectivity index is 2.19. The van der Waals surface area contributed by atoms with Crippen LogP contribution in [0.4, 0.5) is 5.95 Å². The van der Waals surface area contributed by atoms with Crippen LogP contribution in [-0.4, -0.2) is 20.9 Å². The lowest BCUT2D eigenvalue weighted by Gasteiger charge is -2.09. The smallest absolute Gasteiger partial charge is 0.210 e. The fourth-order valence-corrected chi connectivity index (χ4v) is 1.67. The molecule has 0 saturated heterocycles. The molecule has 0 aromatic carbocycles. The van der Waals surface area contributed by atoms with Gasteiger partial charge in [-0.15, -0.1) is 0 Å². The van der Waals surface area contributed by atoms with Crippen LogP contribution in [0.2, 0.25) is 5.15 Å². The van der Waals surface area contributed by atoms with Crippen LogP contribution in [0, 0.1) is 5.92 Å². The second-order valence-corrected chi connectivity index (χ2v) is 4.55. The van der Waals surface area contributed by atoms with E-state index in [1.807, 2.05) is 10.6 Å². The summed E-state index contributed by atoms with van der Waals surface area (Å²) in [7, 11) is 0. The third kappa shape index (κ3) is 2.44. The van der Waals surface area contributed by atoms with Crippen molar-refractivity contribution in [3.63, 3.8) is 0 Å². The number of hydrogen-bond acceptors (Lipinski definition) is 3. The molecule has 0 aliphatic heterocycles. The van der Waals surface area contributed by atoms with Gasteiger partial charge in [0, 0.05) is 25.0 Å². The number of hydrogen-bond donors (Lipinski definition) is 1. The quantitative estimate of drug-likeness (QED) is 0.833. The molecule has 0 amide bonds. The van der Waals surface area contributed by atoms with E-state index >= 15 is 0 Å². The van der Waals surface area contributed by atoms with Crippen molar-refractivity contribution in [2.24, 2.45) is 5.92 Å². The summed E-state index contributed by atoms with van der Waals surface area (Å²) in [6.07, 6.45) is 4.71. The minimum Gasteiger partial charge on any atom is -0.355 e. The van der Waals surface area contributed by atoms with E-state index in [1.165, 1.54) is 0 Å². The van der Waals surface area contributed by atoms with E-state index in [-0.39, 0.29) is 0 Å². The van der Waals surface area contributed by atoms with Crippen molar-refractivity contribution in [3.8, 4) is 0 Å². The molecule has 0 unspecified atom stereocenters. The molecule has 0 fully saturated rings. The van der Waals surface area contributed by atoms with Gasteiger partial charge in [0.15, 0.2) is 0 Å². The van der Waals surface area contributed by atoms with Gasteiger partial charge in [0.05, 0.1) is 0 Å². The Morgan fingerprint density at radius 3 is 3.06 bits per heavy atom. The predicted molar refractivity (Wildman–Crippen MR) is 65.9 cm³/mol. The lowest BCUT2D eigenvalue weighted by atomic mass is 10.1. The van der Waals surface area contributed by atoms with E-state index < -0.39 is 0 Å². The molecule has 2 aromatic rings. The molecule has 0 aliphatic rings. The average molecular weight is 239 g/mol. The predicted octanol–water partition coefficient (Wildman–Crippen LogP) is 2.84. The largest absolute Gasteiger partial charge is 0.355 e. The molecule has 0 spiro atoms. The minimum absolute atomic E-state index is 0.464. The summed E-state index contributed by atoms with van der Waals surface area (Å²) in [6.45, 7) is 5.28. The molecule has 0 saturated carbocycles. The van der Waals surface area contributed by atoms with Gasteiger partial charge in [0.2, 0.25) is 5.95 Å². The molecule has 2 aromatic heterocycles. The fraction of sp³-hybridized carbons (Fsp3) is 0.455. The molecule has 0 bridgehead atoms. The van der Waals surface area contributed by atoms with Crippen molar-refractivity contribution in [1.29, 1.82) is 0 Å². The first-order valence-electron chi connectivity index (χ1n) is 5.40. The average Bonchev–Trinajstić information content (AvgIpc) is 2.64. The Kier molecular flexibility index (Phi) is 3.29. The highest BCUT2D eigenvalue weighted by atomic mass is 35.5. The molecular weight excluding hydrogens is 224 g/mol. The van der Waals surface area contributed by atoms with Crippen LogP contribution in [0.5, 0.6) is 0 Å². The Bertz CT molecular complexity index is 478. The molecule has 0 aliphatic carbocycles. The van der Waals surface area contributed by atoms with Gasteiger partial charge in [-0.05, 0) is 12.3 Å². The van der Waals surface area contributed by atoms with Gasteiger partial charge in [-0.2, -0.15) is 0 Å². The molecule has 16 heavy (non-hydrogen) atoms. The first-order chi connectivity index (χ1) is 7.66. The van der Waals surface area contributed by atoms with Crippen molar-refractivity contribution in [1.82, 2.24) is 14.4 Å². The minimum atomic E-state index is 0.464. The highest BCUT2D eigenvalue weighted by Crippen LogP contribution is 2.14. The SMILES string of the molecule is CC(C)CCNc1nc(Cl)cc2nccn12. The summed E-state index contributed by atoms with van der Waals surface area (Å²) in [5.41, 5.74) is 0.812. The van der Waals surface area contributed by atoms with Crippen LogP contribution in [0.3, 0.4) is 0 Å². The maximum absolute atomic E-state index is 5.92. The molecule has 2 heterocycles. The lowest BCUT2D eigenvalue weighted by Crippen LogP contribution is -2.09. The van der Waals surface area contributed by atoms with E-state index in [0.29, 0.717) is 11.1 Å². The molecule has 86 valence electrons. The first kappa shape index (κ1) is 11.2. The van der Waals surface area contributed by atoms with Crippen LogP contribution >= 0.6 is 11.6 Å². The highest BCUT2D eigenvalue weighted by molar-refractivity contribution is 6.29. The standard InChI is InChI=1S/C11H15ClN4/c1-8(2)3-4-14-11-15-9(12)7-10-13-5-6-16(10)11/h5-8H,3-4H2,1-2H3,(H,14,15). The van der Waals surface area contributed by atoms with Gasteiger partial charge in [-0.1, -0.05) is 25.4 Å². The Labute approximate surface area is 99.7 Å². The van der Waals surface area contributed by atoms with Crippen molar-refractivity contribution in [3.05, 3.63) is 23.6 Å². The summed E-state index contributed by atoms with van der Waals surface area (Å²) in [6, 6.07) is 1.75. The molecule has 0 atom stereocenters. The van der Waals surface area contributed by atoms with Crippen molar-refractivity contribution >= 4 is 23.2 Å². The first-order valence-corrected chi connectivity index (χ1v) is 5.78. The molecule has 0 radical (unpaired) electrons. The van der Waals surface area contributed by atoms with Gasteiger partial charge in [0.25, 0.3) is 0 Å². The highest BCUT2D eigenvalue weighted by Gasteiger charge is 2.04. The number of fused-ring (bicyclic) bond motifs is 1. The lowest BCUT2D eigenvalue weighted by molar-refractivity contribution is 0.605. The van der Waals surface area contributed by atoms with Gasteiger partial charge in [-0.3, -0.25) is 4.40 Å². The van der Waals surface area contributed by atoms with Gasteiger partial charge >= 0.3 is 0 Å². The number of nitrogens with one attached hydrogen (secondary N) is 1. The van der Waals surface area contributed by atoms with Crippen LogP contribution in [0.15, 0.2) is 18.5 Å².